The van der Waals surface area contributed by atoms with E-state index < -0.39 is 11.6 Å². The van der Waals surface area contributed by atoms with Crippen molar-refractivity contribution < 1.29 is 14.6 Å². The fourth-order valence-corrected chi connectivity index (χ4v) is 1.44. The Kier molecular flexibility index (Phi) is 2.52. The molecule has 0 fully saturated rings. The second kappa shape index (κ2) is 3.27. The molecule has 1 N–H and O–H groups in total. The molecule has 1 aliphatic rings. The summed E-state index contributed by atoms with van der Waals surface area (Å²) in [7, 11) is 0. The van der Waals surface area contributed by atoms with E-state index >= 15 is 0 Å². The van der Waals surface area contributed by atoms with Gasteiger partial charge >= 0.3 is 5.97 Å². The van der Waals surface area contributed by atoms with Crippen molar-refractivity contribution in [1.82, 2.24) is 0 Å². The van der Waals surface area contributed by atoms with E-state index in [1.165, 1.54) is 0 Å². The van der Waals surface area contributed by atoms with Crippen LogP contribution < -0.4 is 0 Å². The van der Waals surface area contributed by atoms with Crippen molar-refractivity contribution in [2.24, 2.45) is 5.92 Å². The molecule has 0 aliphatic carbocycles. The Labute approximate surface area is 72.0 Å². The zero-order valence-electron chi connectivity index (χ0n) is 7.41. The lowest BCUT2D eigenvalue weighted by atomic mass is 9.93. The monoisotopic (exact) mass is 170 g/mol. The molecule has 0 amide bonds. The van der Waals surface area contributed by atoms with Gasteiger partial charge in [-0.25, -0.2) is 4.79 Å². The van der Waals surface area contributed by atoms with E-state index in [2.05, 4.69) is 0 Å². The van der Waals surface area contributed by atoms with E-state index in [9.17, 15) is 4.79 Å². The molecule has 1 rings (SSSR count). The molecule has 1 atom stereocenters. The van der Waals surface area contributed by atoms with Crippen LogP contribution in [-0.4, -0.2) is 23.3 Å². The first kappa shape index (κ1) is 9.26. The van der Waals surface area contributed by atoms with Gasteiger partial charge in [-0.1, -0.05) is 19.9 Å². The molecule has 3 nitrogen and oxygen atoms in total. The molecule has 0 bridgehead atoms. The van der Waals surface area contributed by atoms with E-state index in [-0.39, 0.29) is 0 Å². The van der Waals surface area contributed by atoms with Crippen molar-refractivity contribution in [3.8, 4) is 0 Å². The highest BCUT2D eigenvalue weighted by Gasteiger charge is 2.39. The van der Waals surface area contributed by atoms with Gasteiger partial charge in [-0.2, -0.15) is 0 Å². The molecule has 0 unspecified atom stereocenters. The van der Waals surface area contributed by atoms with Crippen LogP contribution >= 0.6 is 0 Å². The Hall–Kier alpha value is -0.830. The Morgan fingerprint density at radius 1 is 1.75 bits per heavy atom. The summed E-state index contributed by atoms with van der Waals surface area (Å²) in [6, 6.07) is 0. The number of hydrogen-bond donors (Lipinski definition) is 1. The van der Waals surface area contributed by atoms with Crippen molar-refractivity contribution in [1.29, 1.82) is 0 Å². The normalized spacial score (nSPS) is 28.2. The summed E-state index contributed by atoms with van der Waals surface area (Å²) in [6.07, 6.45) is 3.95. The number of carbonyl (C=O) groups is 1. The molecule has 0 aromatic carbocycles. The second-order valence-corrected chi connectivity index (χ2v) is 3.51. The molecule has 0 radical (unpaired) electrons. The number of ether oxygens (including phenoxy) is 1. The summed E-state index contributed by atoms with van der Waals surface area (Å²) >= 11 is 0. The van der Waals surface area contributed by atoms with Crippen molar-refractivity contribution >= 4 is 5.97 Å². The number of carboxylic acid groups (broad SMARTS) is 1. The maximum absolute atomic E-state index is 10.9. The van der Waals surface area contributed by atoms with Gasteiger partial charge in [-0.05, 0) is 18.4 Å². The number of rotatable bonds is 3. The summed E-state index contributed by atoms with van der Waals surface area (Å²) in [5.41, 5.74) is -1.05. The van der Waals surface area contributed by atoms with Crippen LogP contribution in [0.5, 0.6) is 0 Å². The summed E-state index contributed by atoms with van der Waals surface area (Å²) in [5, 5.41) is 8.94. The number of carboxylic acids is 1. The zero-order valence-corrected chi connectivity index (χ0v) is 7.41. The van der Waals surface area contributed by atoms with Crippen molar-refractivity contribution in [2.75, 3.05) is 6.61 Å². The second-order valence-electron chi connectivity index (χ2n) is 3.51. The minimum atomic E-state index is -1.05. The van der Waals surface area contributed by atoms with Crippen molar-refractivity contribution in [3.63, 3.8) is 0 Å². The Balaban J connectivity index is 2.73. The largest absolute Gasteiger partial charge is 0.479 e. The summed E-state index contributed by atoms with van der Waals surface area (Å²) < 4.78 is 5.20. The molecule has 0 aromatic heterocycles. The molecule has 0 spiro atoms. The molecule has 12 heavy (non-hydrogen) atoms. The predicted molar refractivity (Wildman–Crippen MR) is 44.9 cm³/mol. The van der Waals surface area contributed by atoms with Crippen molar-refractivity contribution in [2.45, 2.75) is 25.9 Å². The van der Waals surface area contributed by atoms with Gasteiger partial charge in [0.05, 0.1) is 6.61 Å². The zero-order chi connectivity index (χ0) is 9.19. The van der Waals surface area contributed by atoms with Gasteiger partial charge in [-0.15, -0.1) is 0 Å². The van der Waals surface area contributed by atoms with Gasteiger partial charge in [0.2, 0.25) is 0 Å². The molecule has 1 aliphatic heterocycles. The highest BCUT2D eigenvalue weighted by molar-refractivity contribution is 5.80. The fourth-order valence-electron chi connectivity index (χ4n) is 1.44. The van der Waals surface area contributed by atoms with Crippen LogP contribution in [0.2, 0.25) is 0 Å². The lowest BCUT2D eigenvalue weighted by molar-refractivity contribution is -0.158. The first-order valence-corrected chi connectivity index (χ1v) is 4.12. The molecule has 0 saturated heterocycles. The molecule has 0 aromatic rings. The van der Waals surface area contributed by atoms with Crippen LogP contribution in [-0.2, 0) is 9.53 Å². The number of aliphatic carboxylic acids is 1. The third kappa shape index (κ3) is 1.67. The van der Waals surface area contributed by atoms with E-state index in [4.69, 9.17) is 9.84 Å². The van der Waals surface area contributed by atoms with Gasteiger partial charge < -0.3 is 9.84 Å². The Bertz CT molecular complexity index is 208. The first-order valence-electron chi connectivity index (χ1n) is 4.12. The number of hydrogen-bond acceptors (Lipinski definition) is 2. The Morgan fingerprint density at radius 2 is 2.42 bits per heavy atom. The first-order chi connectivity index (χ1) is 5.57. The average Bonchev–Trinajstić information content (AvgIpc) is 2.35. The third-order valence-corrected chi connectivity index (χ3v) is 1.90. The van der Waals surface area contributed by atoms with Gasteiger partial charge in [0, 0.05) is 0 Å². The van der Waals surface area contributed by atoms with Gasteiger partial charge in [-0.3, -0.25) is 0 Å². The van der Waals surface area contributed by atoms with E-state index in [1.807, 2.05) is 13.8 Å². The predicted octanol–water partition coefficient (Wildman–Crippen LogP) is 1.44. The van der Waals surface area contributed by atoms with E-state index in [0.717, 1.165) is 0 Å². The topological polar surface area (TPSA) is 46.5 Å². The standard InChI is InChI=1S/C9H14O3/c1-7(2)6-9(8(10)11)4-3-5-12-9/h3-4,7H,5-6H2,1-2H3,(H,10,11)/t9-/m1/s1. The summed E-state index contributed by atoms with van der Waals surface area (Å²) in [4.78, 5) is 10.9. The third-order valence-electron chi connectivity index (χ3n) is 1.90. The van der Waals surface area contributed by atoms with Crippen LogP contribution in [0, 0.1) is 5.92 Å². The molecule has 68 valence electrons. The van der Waals surface area contributed by atoms with Crippen LogP contribution in [0.1, 0.15) is 20.3 Å². The van der Waals surface area contributed by atoms with Gasteiger partial charge in [0.25, 0.3) is 0 Å². The SMILES string of the molecule is CC(C)C[C@@]1(C(=O)O)C=CCO1. The van der Waals surface area contributed by atoms with Crippen LogP contribution in [0.15, 0.2) is 12.2 Å². The van der Waals surface area contributed by atoms with E-state index in [1.54, 1.807) is 12.2 Å². The molecular formula is C9H14O3. The smallest absolute Gasteiger partial charge is 0.340 e. The van der Waals surface area contributed by atoms with Crippen LogP contribution in [0.25, 0.3) is 0 Å². The van der Waals surface area contributed by atoms with Crippen LogP contribution in [0.3, 0.4) is 0 Å². The molecule has 0 saturated carbocycles. The minimum Gasteiger partial charge on any atom is -0.479 e. The highest BCUT2D eigenvalue weighted by Crippen LogP contribution is 2.27. The Morgan fingerprint density at radius 3 is 2.75 bits per heavy atom. The summed E-state index contributed by atoms with van der Waals surface area (Å²) in [5.74, 6) is -0.561. The van der Waals surface area contributed by atoms with Crippen LogP contribution in [0.4, 0.5) is 0 Å². The summed E-state index contributed by atoms with van der Waals surface area (Å²) in [6.45, 7) is 4.39. The highest BCUT2D eigenvalue weighted by atomic mass is 16.5. The molecule has 3 heteroatoms. The maximum Gasteiger partial charge on any atom is 0.340 e. The fraction of sp³-hybridized carbons (Fsp3) is 0.667. The molecular weight excluding hydrogens is 156 g/mol. The van der Waals surface area contributed by atoms with Gasteiger partial charge in [0.1, 0.15) is 0 Å². The molecule has 1 heterocycles. The minimum absolute atomic E-state index is 0.323. The quantitative estimate of drug-likeness (QED) is 0.652. The van der Waals surface area contributed by atoms with E-state index in [0.29, 0.717) is 18.9 Å². The maximum atomic E-state index is 10.9. The average molecular weight is 170 g/mol. The lowest BCUT2D eigenvalue weighted by Gasteiger charge is -2.23. The van der Waals surface area contributed by atoms with Gasteiger partial charge in [0.15, 0.2) is 5.60 Å². The lowest BCUT2D eigenvalue weighted by Crippen LogP contribution is -2.38. The van der Waals surface area contributed by atoms with Crippen molar-refractivity contribution in [3.05, 3.63) is 12.2 Å².